The number of amides is 2. The average Bonchev–Trinajstić information content (AvgIpc) is 3.14. The molecule has 0 saturated carbocycles. The summed E-state index contributed by atoms with van der Waals surface area (Å²) in [5, 5.41) is 9.38. The Morgan fingerprint density at radius 2 is 1.83 bits per heavy atom. The summed E-state index contributed by atoms with van der Waals surface area (Å²) in [6, 6.07) is 10.5. The molecule has 1 aromatic heterocycles. The third-order valence-electron chi connectivity index (χ3n) is 7.23. The van der Waals surface area contributed by atoms with E-state index in [4.69, 9.17) is 10.5 Å². The van der Waals surface area contributed by atoms with Gasteiger partial charge in [0.1, 0.15) is 23.9 Å². The standard InChI is InChI=1S/C26H35N5O4/c1-17-14-19(15-18(2)28-17)16-35-22-6-4-21(5-7-22)26(27)10-13-31(25(26)33)23(24(32)29-34)20-8-11-30(3)12-9-20/h4-7,14-15,20,23,34H,8-13,16,27H2,1-3H3,(H,29,32). The molecule has 35 heavy (non-hydrogen) atoms. The number of carbonyl (C=O) groups excluding carboxylic acids is 2. The van der Waals surface area contributed by atoms with Crippen LogP contribution < -0.4 is 16.0 Å². The van der Waals surface area contributed by atoms with Crippen molar-refractivity contribution in [3.8, 4) is 5.75 Å². The van der Waals surface area contributed by atoms with Gasteiger partial charge in [-0.25, -0.2) is 5.48 Å². The Hall–Kier alpha value is -3.01. The molecule has 2 aromatic rings. The molecule has 2 aliphatic rings. The number of piperidine rings is 1. The first-order valence-electron chi connectivity index (χ1n) is 12.1. The van der Waals surface area contributed by atoms with E-state index in [9.17, 15) is 14.8 Å². The fourth-order valence-electron chi connectivity index (χ4n) is 5.33. The summed E-state index contributed by atoms with van der Waals surface area (Å²) < 4.78 is 5.92. The van der Waals surface area contributed by atoms with Crippen LogP contribution in [-0.4, -0.2) is 64.5 Å². The molecule has 2 saturated heterocycles. The molecule has 2 atom stereocenters. The van der Waals surface area contributed by atoms with Crippen molar-refractivity contribution in [3.63, 3.8) is 0 Å². The first-order chi connectivity index (χ1) is 16.7. The SMILES string of the molecule is Cc1cc(COc2ccc(C3(N)CCN(C(C(=O)NO)C4CCN(C)CC4)C3=O)cc2)cc(C)n1. The van der Waals surface area contributed by atoms with E-state index in [-0.39, 0.29) is 11.8 Å². The molecule has 188 valence electrons. The highest BCUT2D eigenvalue weighted by Gasteiger charge is 2.50. The van der Waals surface area contributed by atoms with Crippen LogP contribution in [0.4, 0.5) is 0 Å². The maximum Gasteiger partial charge on any atom is 0.266 e. The molecule has 0 aliphatic carbocycles. The molecule has 2 fully saturated rings. The molecule has 2 amide bonds. The number of benzene rings is 1. The molecule has 2 unspecified atom stereocenters. The van der Waals surface area contributed by atoms with Gasteiger partial charge in [0.25, 0.3) is 5.91 Å². The van der Waals surface area contributed by atoms with Crippen LogP contribution in [0.2, 0.25) is 0 Å². The van der Waals surface area contributed by atoms with Crippen LogP contribution in [0.25, 0.3) is 0 Å². The molecule has 2 aliphatic heterocycles. The van der Waals surface area contributed by atoms with Crippen LogP contribution in [-0.2, 0) is 21.7 Å². The number of hydrogen-bond acceptors (Lipinski definition) is 7. The zero-order chi connectivity index (χ0) is 25.2. The maximum atomic E-state index is 13.5. The highest BCUT2D eigenvalue weighted by atomic mass is 16.5. The molecule has 0 spiro atoms. The summed E-state index contributed by atoms with van der Waals surface area (Å²) in [4.78, 5) is 34.3. The lowest BCUT2D eigenvalue weighted by Gasteiger charge is -2.38. The first kappa shape index (κ1) is 25.1. The third-order valence-corrected chi connectivity index (χ3v) is 7.23. The number of aryl methyl sites for hydroxylation is 2. The number of carbonyl (C=O) groups is 2. The van der Waals surface area contributed by atoms with E-state index >= 15 is 0 Å². The van der Waals surface area contributed by atoms with Crippen molar-refractivity contribution in [2.24, 2.45) is 11.7 Å². The number of hydrogen-bond donors (Lipinski definition) is 3. The molecule has 9 heteroatoms. The molecular weight excluding hydrogens is 446 g/mol. The number of likely N-dealkylation sites (tertiary alicyclic amines) is 2. The zero-order valence-electron chi connectivity index (χ0n) is 20.7. The summed E-state index contributed by atoms with van der Waals surface area (Å²) in [5.74, 6) is -0.194. The third kappa shape index (κ3) is 5.32. The van der Waals surface area contributed by atoms with E-state index in [1.807, 2.05) is 57.3 Å². The normalized spacial score (nSPS) is 22.3. The minimum absolute atomic E-state index is 0.0270. The highest BCUT2D eigenvalue weighted by molar-refractivity contribution is 5.94. The number of pyridine rings is 1. The summed E-state index contributed by atoms with van der Waals surface area (Å²) >= 11 is 0. The average molecular weight is 482 g/mol. The van der Waals surface area contributed by atoms with Crippen LogP contribution in [0.5, 0.6) is 5.75 Å². The molecule has 0 radical (unpaired) electrons. The Morgan fingerprint density at radius 1 is 1.20 bits per heavy atom. The van der Waals surface area contributed by atoms with Crippen molar-refractivity contribution < 1.29 is 19.5 Å². The molecule has 1 aromatic carbocycles. The number of nitrogens with one attached hydrogen (secondary N) is 1. The summed E-state index contributed by atoms with van der Waals surface area (Å²) in [5.41, 5.74) is 10.8. The van der Waals surface area contributed by atoms with Gasteiger partial charge in [0.05, 0.1) is 0 Å². The van der Waals surface area contributed by atoms with Gasteiger partial charge < -0.3 is 20.3 Å². The lowest BCUT2D eigenvalue weighted by Crippen LogP contribution is -2.56. The van der Waals surface area contributed by atoms with E-state index in [1.165, 1.54) is 0 Å². The number of nitrogens with two attached hydrogens (primary N) is 1. The van der Waals surface area contributed by atoms with E-state index in [0.717, 1.165) is 42.9 Å². The number of aromatic nitrogens is 1. The van der Waals surface area contributed by atoms with Crippen LogP contribution in [0.3, 0.4) is 0 Å². The van der Waals surface area contributed by atoms with Crippen molar-refractivity contribution in [3.05, 3.63) is 58.9 Å². The van der Waals surface area contributed by atoms with Crippen molar-refractivity contribution in [2.75, 3.05) is 26.7 Å². The number of ether oxygens (including phenoxy) is 1. The van der Waals surface area contributed by atoms with Crippen molar-refractivity contribution >= 4 is 11.8 Å². The van der Waals surface area contributed by atoms with Crippen molar-refractivity contribution in [2.45, 2.75) is 51.3 Å². The van der Waals surface area contributed by atoms with E-state index in [1.54, 1.807) is 10.4 Å². The molecular formula is C26H35N5O4. The Labute approximate surface area is 206 Å². The minimum Gasteiger partial charge on any atom is -0.489 e. The van der Waals surface area contributed by atoms with Crippen LogP contribution >= 0.6 is 0 Å². The first-order valence-corrected chi connectivity index (χ1v) is 12.1. The van der Waals surface area contributed by atoms with Gasteiger partial charge in [-0.3, -0.25) is 19.8 Å². The summed E-state index contributed by atoms with van der Waals surface area (Å²) in [6.45, 7) is 6.37. The van der Waals surface area contributed by atoms with Gasteiger partial charge in [0, 0.05) is 17.9 Å². The van der Waals surface area contributed by atoms with Crippen molar-refractivity contribution in [1.82, 2.24) is 20.3 Å². The number of nitrogens with zero attached hydrogens (tertiary/aromatic N) is 3. The van der Waals surface area contributed by atoms with Crippen molar-refractivity contribution in [1.29, 1.82) is 0 Å². The van der Waals surface area contributed by atoms with E-state index in [2.05, 4.69) is 9.88 Å². The fraction of sp³-hybridized carbons (Fsp3) is 0.500. The van der Waals surface area contributed by atoms with Gasteiger partial charge >= 0.3 is 0 Å². The van der Waals surface area contributed by atoms with Gasteiger partial charge in [-0.2, -0.15) is 0 Å². The molecule has 9 nitrogen and oxygen atoms in total. The van der Waals surface area contributed by atoms with Gasteiger partial charge in [-0.05, 0) is 94.6 Å². The molecule has 3 heterocycles. The largest absolute Gasteiger partial charge is 0.489 e. The second kappa shape index (κ2) is 10.3. The van der Waals surface area contributed by atoms with Crippen LogP contribution in [0, 0.1) is 19.8 Å². The predicted molar refractivity (Wildman–Crippen MR) is 131 cm³/mol. The molecule has 4 rings (SSSR count). The van der Waals surface area contributed by atoms with E-state index in [0.29, 0.717) is 30.9 Å². The fourth-order valence-corrected chi connectivity index (χ4v) is 5.33. The monoisotopic (exact) mass is 481 g/mol. The quantitative estimate of drug-likeness (QED) is 0.408. The predicted octanol–water partition coefficient (Wildman–Crippen LogP) is 1.88. The van der Waals surface area contributed by atoms with Crippen LogP contribution in [0.1, 0.15) is 41.8 Å². The molecule has 0 bridgehead atoms. The van der Waals surface area contributed by atoms with Gasteiger partial charge in [-0.15, -0.1) is 0 Å². The molecule has 4 N–H and O–H groups in total. The van der Waals surface area contributed by atoms with Gasteiger partial charge in [-0.1, -0.05) is 12.1 Å². The summed E-state index contributed by atoms with van der Waals surface area (Å²) in [6.07, 6.45) is 1.94. The van der Waals surface area contributed by atoms with Crippen LogP contribution in [0.15, 0.2) is 36.4 Å². The topological polar surface area (TPSA) is 121 Å². The minimum atomic E-state index is -1.22. The number of rotatable bonds is 7. The lowest BCUT2D eigenvalue weighted by atomic mass is 9.87. The maximum absolute atomic E-state index is 13.5. The Kier molecular flexibility index (Phi) is 7.39. The summed E-state index contributed by atoms with van der Waals surface area (Å²) in [7, 11) is 2.04. The second-order valence-corrected chi connectivity index (χ2v) is 9.85. The Balaban J connectivity index is 1.46. The Bertz CT molecular complexity index is 1050. The van der Waals surface area contributed by atoms with Gasteiger partial charge in [0.15, 0.2) is 0 Å². The second-order valence-electron chi connectivity index (χ2n) is 9.85. The highest BCUT2D eigenvalue weighted by Crippen LogP contribution is 2.36. The number of hydroxylamine groups is 1. The lowest BCUT2D eigenvalue weighted by molar-refractivity contribution is -0.147. The Morgan fingerprint density at radius 3 is 2.43 bits per heavy atom. The smallest absolute Gasteiger partial charge is 0.266 e. The van der Waals surface area contributed by atoms with Gasteiger partial charge in [0.2, 0.25) is 5.91 Å². The zero-order valence-corrected chi connectivity index (χ0v) is 20.7. The van der Waals surface area contributed by atoms with E-state index < -0.39 is 17.5 Å².